The fraction of sp³-hybridized carbons (Fsp3) is 0.467. The first-order valence-corrected chi connectivity index (χ1v) is 8.01. The largest absolute Gasteiger partial charge is 0.481 e. The van der Waals surface area contributed by atoms with Gasteiger partial charge in [0.2, 0.25) is 5.88 Å². The monoisotopic (exact) mass is 321 g/mol. The van der Waals surface area contributed by atoms with Crippen LogP contribution in [0.15, 0.2) is 17.5 Å². The summed E-state index contributed by atoms with van der Waals surface area (Å²) in [5, 5.41) is 6.30. The zero-order valence-electron chi connectivity index (χ0n) is 12.9. The molecule has 22 heavy (non-hydrogen) atoms. The van der Waals surface area contributed by atoms with Gasteiger partial charge in [-0.25, -0.2) is 4.68 Å². The van der Waals surface area contributed by atoms with Gasteiger partial charge in [0.25, 0.3) is 5.91 Å². The number of ether oxygens (including phenoxy) is 2. The zero-order chi connectivity index (χ0) is 15.7. The molecule has 7 heteroatoms. The molecule has 0 N–H and O–H groups in total. The molecule has 0 aromatic carbocycles. The summed E-state index contributed by atoms with van der Waals surface area (Å²) in [6.07, 6.45) is -0.0549. The number of thiophene rings is 1. The standard InChI is InChI=1S/C15H19N3O3S/c1-10-13(15(20-3)17(2)16-10)14(19)18-6-7-21-11(9-18)12-5-4-8-22-12/h4-5,8,11H,6-7,9H2,1-3H3/t11-/m1/s1. The van der Waals surface area contributed by atoms with Crippen molar-refractivity contribution in [2.75, 3.05) is 26.8 Å². The molecule has 0 bridgehead atoms. The van der Waals surface area contributed by atoms with Gasteiger partial charge in [-0.3, -0.25) is 4.79 Å². The van der Waals surface area contributed by atoms with Gasteiger partial charge in [-0.05, 0) is 18.4 Å². The van der Waals surface area contributed by atoms with E-state index < -0.39 is 0 Å². The van der Waals surface area contributed by atoms with Gasteiger partial charge >= 0.3 is 0 Å². The van der Waals surface area contributed by atoms with Crippen LogP contribution < -0.4 is 4.74 Å². The average Bonchev–Trinajstić information content (AvgIpc) is 3.14. The summed E-state index contributed by atoms with van der Waals surface area (Å²) < 4.78 is 12.7. The molecule has 0 aliphatic carbocycles. The van der Waals surface area contributed by atoms with Crippen LogP contribution in [0.5, 0.6) is 5.88 Å². The van der Waals surface area contributed by atoms with E-state index in [0.29, 0.717) is 36.8 Å². The molecule has 0 saturated carbocycles. The second-order valence-corrected chi connectivity index (χ2v) is 6.20. The van der Waals surface area contributed by atoms with Gasteiger partial charge in [-0.1, -0.05) is 6.07 Å². The predicted molar refractivity (Wildman–Crippen MR) is 83.4 cm³/mol. The van der Waals surface area contributed by atoms with Crippen LogP contribution in [0.3, 0.4) is 0 Å². The Morgan fingerprint density at radius 1 is 1.55 bits per heavy atom. The van der Waals surface area contributed by atoms with Crippen LogP contribution in [0.2, 0.25) is 0 Å². The SMILES string of the molecule is COc1c(C(=O)N2CCO[C@@H](c3cccs3)C2)c(C)nn1C. The maximum absolute atomic E-state index is 12.9. The minimum absolute atomic E-state index is 0.0488. The number of rotatable bonds is 3. The maximum Gasteiger partial charge on any atom is 0.261 e. The molecule has 1 aliphatic heterocycles. The first kappa shape index (κ1) is 15.1. The molecule has 1 aliphatic rings. The van der Waals surface area contributed by atoms with Crippen LogP contribution in [-0.2, 0) is 11.8 Å². The molecule has 0 unspecified atom stereocenters. The molecule has 3 heterocycles. The Balaban J connectivity index is 1.83. The molecular weight excluding hydrogens is 302 g/mol. The molecule has 0 spiro atoms. The van der Waals surface area contributed by atoms with Crippen LogP contribution in [0.25, 0.3) is 0 Å². The molecule has 1 fully saturated rings. The molecule has 1 amide bonds. The third-order valence-electron chi connectivity index (χ3n) is 3.79. The third kappa shape index (κ3) is 2.62. The Kier molecular flexibility index (Phi) is 4.17. The van der Waals surface area contributed by atoms with E-state index in [-0.39, 0.29) is 12.0 Å². The van der Waals surface area contributed by atoms with Crippen molar-refractivity contribution in [1.82, 2.24) is 14.7 Å². The van der Waals surface area contributed by atoms with Gasteiger partial charge < -0.3 is 14.4 Å². The molecule has 118 valence electrons. The number of hydrogen-bond acceptors (Lipinski definition) is 5. The van der Waals surface area contributed by atoms with Gasteiger partial charge in [-0.15, -0.1) is 11.3 Å². The van der Waals surface area contributed by atoms with E-state index >= 15 is 0 Å². The van der Waals surface area contributed by atoms with Crippen LogP contribution in [0.4, 0.5) is 0 Å². The number of amides is 1. The Labute approximate surface area is 133 Å². The van der Waals surface area contributed by atoms with Crippen molar-refractivity contribution >= 4 is 17.2 Å². The Bertz CT molecular complexity index is 666. The molecule has 1 saturated heterocycles. The van der Waals surface area contributed by atoms with Crippen molar-refractivity contribution in [2.45, 2.75) is 13.0 Å². The van der Waals surface area contributed by atoms with E-state index in [1.54, 1.807) is 30.2 Å². The number of carbonyl (C=O) groups is 1. The minimum Gasteiger partial charge on any atom is -0.481 e. The van der Waals surface area contributed by atoms with Gasteiger partial charge in [0, 0.05) is 18.5 Å². The molecule has 2 aromatic rings. The maximum atomic E-state index is 12.9. The smallest absolute Gasteiger partial charge is 0.261 e. The summed E-state index contributed by atoms with van der Waals surface area (Å²) in [5.74, 6) is 0.453. The fourth-order valence-electron chi connectivity index (χ4n) is 2.76. The van der Waals surface area contributed by atoms with Gasteiger partial charge in [-0.2, -0.15) is 5.10 Å². The Morgan fingerprint density at radius 3 is 3.05 bits per heavy atom. The van der Waals surface area contributed by atoms with E-state index in [4.69, 9.17) is 9.47 Å². The van der Waals surface area contributed by atoms with Crippen molar-refractivity contribution in [2.24, 2.45) is 7.05 Å². The molecule has 3 rings (SSSR count). The quantitative estimate of drug-likeness (QED) is 0.868. The zero-order valence-corrected chi connectivity index (χ0v) is 13.7. The van der Waals surface area contributed by atoms with Gasteiger partial charge in [0.15, 0.2) is 0 Å². The summed E-state index contributed by atoms with van der Waals surface area (Å²) in [7, 11) is 3.33. The number of aromatic nitrogens is 2. The lowest BCUT2D eigenvalue weighted by Crippen LogP contribution is -2.42. The predicted octanol–water partition coefficient (Wildman–Crippen LogP) is 2.01. The number of methoxy groups -OCH3 is 1. The second kappa shape index (κ2) is 6.10. The second-order valence-electron chi connectivity index (χ2n) is 5.22. The highest BCUT2D eigenvalue weighted by molar-refractivity contribution is 7.10. The summed E-state index contributed by atoms with van der Waals surface area (Å²) in [6, 6.07) is 4.04. The van der Waals surface area contributed by atoms with E-state index in [1.165, 1.54) is 0 Å². The molecule has 0 radical (unpaired) electrons. The summed E-state index contributed by atoms with van der Waals surface area (Å²) >= 11 is 1.65. The van der Waals surface area contributed by atoms with Crippen LogP contribution in [0, 0.1) is 6.92 Å². The lowest BCUT2D eigenvalue weighted by Gasteiger charge is -2.32. The topological polar surface area (TPSA) is 56.6 Å². The number of morpholine rings is 1. The molecule has 2 aromatic heterocycles. The highest BCUT2D eigenvalue weighted by atomic mass is 32.1. The van der Waals surface area contributed by atoms with Crippen molar-refractivity contribution < 1.29 is 14.3 Å². The average molecular weight is 321 g/mol. The van der Waals surface area contributed by atoms with Crippen molar-refractivity contribution in [3.8, 4) is 5.88 Å². The summed E-state index contributed by atoms with van der Waals surface area (Å²) in [5.41, 5.74) is 1.22. The lowest BCUT2D eigenvalue weighted by atomic mass is 10.1. The van der Waals surface area contributed by atoms with E-state index in [2.05, 4.69) is 5.10 Å². The highest BCUT2D eigenvalue weighted by Crippen LogP contribution is 2.29. The van der Waals surface area contributed by atoms with Crippen molar-refractivity contribution in [3.63, 3.8) is 0 Å². The van der Waals surface area contributed by atoms with E-state index in [0.717, 1.165) is 4.88 Å². The number of carbonyl (C=O) groups excluding carboxylic acids is 1. The van der Waals surface area contributed by atoms with Crippen LogP contribution >= 0.6 is 11.3 Å². The van der Waals surface area contributed by atoms with E-state index in [9.17, 15) is 4.79 Å². The summed E-state index contributed by atoms with van der Waals surface area (Å²) in [4.78, 5) is 15.8. The highest BCUT2D eigenvalue weighted by Gasteiger charge is 2.31. The molecule has 6 nitrogen and oxygen atoms in total. The number of hydrogen-bond donors (Lipinski definition) is 0. The van der Waals surface area contributed by atoms with Crippen LogP contribution in [0.1, 0.15) is 27.0 Å². The first-order valence-electron chi connectivity index (χ1n) is 7.13. The Hall–Kier alpha value is -1.86. The minimum atomic E-state index is -0.0549. The lowest BCUT2D eigenvalue weighted by molar-refractivity contribution is -0.0213. The van der Waals surface area contributed by atoms with Crippen molar-refractivity contribution in [3.05, 3.63) is 33.6 Å². The first-order chi connectivity index (χ1) is 10.6. The molecular formula is C15H19N3O3S. The number of aryl methyl sites for hydroxylation is 2. The fourth-order valence-corrected chi connectivity index (χ4v) is 3.52. The van der Waals surface area contributed by atoms with E-state index in [1.807, 2.05) is 29.3 Å². The summed E-state index contributed by atoms with van der Waals surface area (Å²) in [6.45, 7) is 3.50. The van der Waals surface area contributed by atoms with Crippen LogP contribution in [-0.4, -0.2) is 47.4 Å². The number of nitrogens with zero attached hydrogens (tertiary/aromatic N) is 3. The normalized spacial score (nSPS) is 18.5. The molecule has 1 atom stereocenters. The third-order valence-corrected chi connectivity index (χ3v) is 4.76. The van der Waals surface area contributed by atoms with Crippen molar-refractivity contribution in [1.29, 1.82) is 0 Å². The van der Waals surface area contributed by atoms with Gasteiger partial charge in [0.1, 0.15) is 11.7 Å². The van der Waals surface area contributed by atoms with Gasteiger partial charge in [0.05, 0.1) is 26.0 Å². The Morgan fingerprint density at radius 2 is 2.36 bits per heavy atom.